The van der Waals surface area contributed by atoms with Gasteiger partial charge in [0.05, 0.1) is 10.6 Å². The van der Waals surface area contributed by atoms with Gasteiger partial charge in [-0.15, -0.1) is 0 Å². The van der Waals surface area contributed by atoms with Crippen LogP contribution in [0.25, 0.3) is 10.9 Å². The molecule has 0 spiro atoms. The first kappa shape index (κ1) is 19.1. The first-order valence-electron chi connectivity index (χ1n) is 7.34. The van der Waals surface area contributed by atoms with E-state index in [-0.39, 0.29) is 5.69 Å². The van der Waals surface area contributed by atoms with E-state index in [0.717, 1.165) is 29.8 Å². The Hall–Kier alpha value is -2.72. The molecule has 3 aromatic rings. The second-order valence-corrected chi connectivity index (χ2v) is 7.82. The molecule has 2 aromatic carbocycles. The topological polar surface area (TPSA) is 91.1 Å². The molecule has 0 bridgehead atoms. The number of benzene rings is 2. The van der Waals surface area contributed by atoms with Gasteiger partial charge in [0.1, 0.15) is 0 Å². The molecule has 0 fully saturated rings. The first-order valence-corrected chi connectivity index (χ1v) is 9.20. The van der Waals surface area contributed by atoms with Crippen molar-refractivity contribution < 1.29 is 26.4 Å². The van der Waals surface area contributed by atoms with Gasteiger partial charge in [0.25, 0.3) is 9.84 Å². The minimum Gasteiger partial charge on any atom is -0.359 e. The Kier molecular flexibility index (Phi) is 4.79. The summed E-state index contributed by atoms with van der Waals surface area (Å²) in [5, 5.41) is 6.12. The molecule has 0 unspecified atom stereocenters. The fourth-order valence-electron chi connectivity index (χ4n) is 2.33. The van der Waals surface area contributed by atoms with Gasteiger partial charge >= 0.3 is 11.5 Å². The molecule has 142 valence electrons. The molecule has 0 saturated carbocycles. The molecule has 0 aliphatic heterocycles. The van der Waals surface area contributed by atoms with Crippen LogP contribution in [0.3, 0.4) is 0 Å². The minimum atomic E-state index is -5.44. The fourth-order valence-corrected chi connectivity index (χ4v) is 3.27. The molecule has 0 aliphatic rings. The summed E-state index contributed by atoms with van der Waals surface area (Å²) < 4.78 is 60.2. The maximum atomic E-state index is 12.5. The van der Waals surface area contributed by atoms with Crippen LogP contribution in [0.5, 0.6) is 0 Å². The number of sulfone groups is 1. The molecular formula is C16H11ClF3N3O3S. The third kappa shape index (κ3) is 3.86. The number of carbonyl (C=O) groups excluding carboxylic acids is 1. The lowest BCUT2D eigenvalue weighted by atomic mass is 10.2. The molecule has 3 rings (SSSR count). The Morgan fingerprint density at radius 2 is 1.70 bits per heavy atom. The Bertz CT molecular complexity index is 1110. The van der Waals surface area contributed by atoms with Crippen molar-refractivity contribution in [1.82, 2.24) is 4.98 Å². The standard InChI is InChI=1S/C16H11ClF3N3O3S/c17-9-1-6-13-12(7-9)14(8-21-13)23-15(24)22-10-2-4-11(5-3-10)27(25,26)16(18,19)20/h1-8,21H,(H2,22,23,24). The van der Waals surface area contributed by atoms with Crippen LogP contribution in [0.15, 0.2) is 53.6 Å². The third-order valence-corrected chi connectivity index (χ3v) is 5.36. The number of aromatic nitrogens is 1. The van der Waals surface area contributed by atoms with Crippen LogP contribution in [-0.2, 0) is 9.84 Å². The van der Waals surface area contributed by atoms with Crippen molar-refractivity contribution in [1.29, 1.82) is 0 Å². The predicted molar refractivity (Wildman–Crippen MR) is 95.6 cm³/mol. The highest BCUT2D eigenvalue weighted by Crippen LogP contribution is 2.31. The maximum Gasteiger partial charge on any atom is 0.501 e. The number of amides is 2. The average Bonchev–Trinajstić information content (AvgIpc) is 2.96. The molecule has 0 saturated heterocycles. The first-order chi connectivity index (χ1) is 12.6. The van der Waals surface area contributed by atoms with Crippen LogP contribution < -0.4 is 10.6 Å². The number of hydrogen-bond acceptors (Lipinski definition) is 3. The number of nitrogens with one attached hydrogen (secondary N) is 3. The predicted octanol–water partition coefficient (Wildman–Crippen LogP) is 4.76. The number of alkyl halides is 3. The van der Waals surface area contributed by atoms with E-state index in [2.05, 4.69) is 15.6 Å². The van der Waals surface area contributed by atoms with Crippen molar-refractivity contribution in [3.8, 4) is 0 Å². The van der Waals surface area contributed by atoms with Crippen LogP contribution in [0, 0.1) is 0 Å². The lowest BCUT2D eigenvalue weighted by molar-refractivity contribution is -0.0436. The van der Waals surface area contributed by atoms with Crippen LogP contribution in [-0.4, -0.2) is 24.9 Å². The highest BCUT2D eigenvalue weighted by molar-refractivity contribution is 7.92. The van der Waals surface area contributed by atoms with Crippen molar-refractivity contribution >= 4 is 49.7 Å². The molecule has 27 heavy (non-hydrogen) atoms. The summed E-state index contributed by atoms with van der Waals surface area (Å²) in [5.74, 6) is 0. The highest BCUT2D eigenvalue weighted by Gasteiger charge is 2.46. The SMILES string of the molecule is O=C(Nc1ccc(S(=O)(=O)C(F)(F)F)cc1)Nc1c[nH]c2ccc(Cl)cc12. The molecular weight excluding hydrogens is 407 g/mol. The monoisotopic (exact) mass is 417 g/mol. The van der Waals surface area contributed by atoms with Crippen LogP contribution in [0.1, 0.15) is 0 Å². The van der Waals surface area contributed by atoms with E-state index in [9.17, 15) is 26.4 Å². The zero-order valence-electron chi connectivity index (χ0n) is 13.3. The Morgan fingerprint density at radius 1 is 1.04 bits per heavy atom. The van der Waals surface area contributed by atoms with Crippen molar-refractivity contribution in [3.63, 3.8) is 0 Å². The number of aromatic amines is 1. The number of fused-ring (bicyclic) bond motifs is 1. The van der Waals surface area contributed by atoms with Gasteiger partial charge in [0.15, 0.2) is 0 Å². The highest BCUT2D eigenvalue weighted by atomic mass is 35.5. The van der Waals surface area contributed by atoms with E-state index in [1.807, 2.05) is 0 Å². The van der Waals surface area contributed by atoms with Gasteiger partial charge in [0.2, 0.25) is 0 Å². The van der Waals surface area contributed by atoms with Crippen molar-refractivity contribution in [3.05, 3.63) is 53.7 Å². The van der Waals surface area contributed by atoms with E-state index in [1.54, 1.807) is 24.4 Å². The molecule has 11 heteroatoms. The van der Waals surface area contributed by atoms with Crippen LogP contribution >= 0.6 is 11.6 Å². The second-order valence-electron chi connectivity index (χ2n) is 5.44. The second kappa shape index (κ2) is 6.78. The molecule has 2 amide bonds. The number of carbonyl (C=O) groups is 1. The van der Waals surface area contributed by atoms with Gasteiger partial charge in [-0.2, -0.15) is 13.2 Å². The normalized spacial score (nSPS) is 12.1. The van der Waals surface area contributed by atoms with E-state index in [1.165, 1.54) is 0 Å². The molecule has 1 aromatic heterocycles. The summed E-state index contributed by atoms with van der Waals surface area (Å²) in [6.07, 6.45) is 1.56. The summed E-state index contributed by atoms with van der Waals surface area (Å²) in [4.78, 5) is 14.1. The van der Waals surface area contributed by atoms with Gasteiger partial charge in [-0.05, 0) is 42.5 Å². The lowest BCUT2D eigenvalue weighted by Gasteiger charge is -2.10. The zero-order chi connectivity index (χ0) is 19.8. The summed E-state index contributed by atoms with van der Waals surface area (Å²) in [5.41, 5.74) is -4.08. The van der Waals surface area contributed by atoms with Crippen molar-refractivity contribution in [2.75, 3.05) is 10.6 Å². The van der Waals surface area contributed by atoms with E-state index < -0.39 is 26.3 Å². The zero-order valence-corrected chi connectivity index (χ0v) is 14.8. The molecule has 3 N–H and O–H groups in total. The van der Waals surface area contributed by atoms with Gasteiger partial charge in [-0.3, -0.25) is 0 Å². The number of H-pyrrole nitrogens is 1. The molecule has 0 aliphatic carbocycles. The Labute approximate surface area is 156 Å². The van der Waals surface area contributed by atoms with Gasteiger partial charge < -0.3 is 15.6 Å². The quantitative estimate of drug-likeness (QED) is 0.573. The van der Waals surface area contributed by atoms with E-state index >= 15 is 0 Å². The Morgan fingerprint density at radius 3 is 2.33 bits per heavy atom. The largest absolute Gasteiger partial charge is 0.501 e. The van der Waals surface area contributed by atoms with Crippen LogP contribution in [0.4, 0.5) is 29.3 Å². The third-order valence-electron chi connectivity index (χ3n) is 3.62. The molecule has 1 heterocycles. The molecule has 0 atom stereocenters. The Balaban J connectivity index is 1.74. The average molecular weight is 418 g/mol. The summed E-state index contributed by atoms with van der Waals surface area (Å²) in [7, 11) is -5.44. The number of anilines is 2. The van der Waals surface area contributed by atoms with Crippen LogP contribution in [0.2, 0.25) is 5.02 Å². The number of rotatable bonds is 3. The summed E-state index contributed by atoms with van der Waals surface area (Å²) >= 11 is 5.93. The minimum absolute atomic E-state index is 0.117. The smallest absolute Gasteiger partial charge is 0.359 e. The maximum absolute atomic E-state index is 12.5. The summed E-state index contributed by atoms with van der Waals surface area (Å²) in [6.45, 7) is 0. The lowest BCUT2D eigenvalue weighted by Crippen LogP contribution is -2.23. The van der Waals surface area contributed by atoms with Gasteiger partial charge in [0, 0.05) is 27.8 Å². The van der Waals surface area contributed by atoms with E-state index in [4.69, 9.17) is 11.6 Å². The van der Waals surface area contributed by atoms with Crippen molar-refractivity contribution in [2.45, 2.75) is 10.4 Å². The molecule has 6 nitrogen and oxygen atoms in total. The van der Waals surface area contributed by atoms with Gasteiger partial charge in [-0.25, -0.2) is 13.2 Å². The number of halogens is 4. The van der Waals surface area contributed by atoms with Crippen molar-refractivity contribution in [2.24, 2.45) is 0 Å². The summed E-state index contributed by atoms with van der Waals surface area (Å²) in [6, 6.07) is 8.06. The number of hydrogen-bond donors (Lipinski definition) is 3. The molecule has 0 radical (unpaired) electrons. The van der Waals surface area contributed by atoms with Gasteiger partial charge in [-0.1, -0.05) is 11.6 Å². The number of urea groups is 1. The van der Waals surface area contributed by atoms with E-state index in [0.29, 0.717) is 16.1 Å². The fraction of sp³-hybridized carbons (Fsp3) is 0.0625.